The fraction of sp³-hybridized carbons (Fsp3) is 0.571. The molecule has 16 heavy (non-hydrogen) atoms. The van der Waals surface area contributed by atoms with Gasteiger partial charge < -0.3 is 9.84 Å². The van der Waals surface area contributed by atoms with Gasteiger partial charge in [0.2, 0.25) is 0 Å². The Morgan fingerprint density at radius 2 is 1.88 bits per heavy atom. The van der Waals surface area contributed by atoms with E-state index in [0.29, 0.717) is 11.8 Å². The Morgan fingerprint density at radius 3 is 2.50 bits per heavy atom. The van der Waals surface area contributed by atoms with E-state index in [1.54, 1.807) is 0 Å². The molecule has 0 heterocycles. The molecule has 2 nitrogen and oxygen atoms in total. The van der Waals surface area contributed by atoms with Gasteiger partial charge in [0.1, 0.15) is 5.75 Å². The summed E-state index contributed by atoms with van der Waals surface area (Å²) in [6.45, 7) is 8.28. The molecule has 0 bridgehead atoms. The van der Waals surface area contributed by atoms with Crippen LogP contribution in [0.2, 0.25) is 0 Å². The van der Waals surface area contributed by atoms with E-state index in [2.05, 4.69) is 19.9 Å². The van der Waals surface area contributed by atoms with Crippen LogP contribution in [-0.2, 0) is 0 Å². The molecule has 0 fully saturated rings. The number of rotatable bonds is 2. The van der Waals surface area contributed by atoms with E-state index in [1.165, 1.54) is 5.56 Å². The monoisotopic (exact) mass is 220 g/mol. The highest BCUT2D eigenvalue weighted by molar-refractivity contribution is 5.43. The van der Waals surface area contributed by atoms with Gasteiger partial charge in [-0.05, 0) is 48.9 Å². The second-order valence-electron chi connectivity index (χ2n) is 5.05. The third kappa shape index (κ3) is 1.82. The van der Waals surface area contributed by atoms with Crippen LogP contribution in [0.3, 0.4) is 0 Å². The summed E-state index contributed by atoms with van der Waals surface area (Å²) in [5.41, 5.74) is 2.30. The first-order valence-corrected chi connectivity index (χ1v) is 5.99. The Balaban J connectivity index is 2.34. The molecule has 0 saturated carbocycles. The molecule has 0 aliphatic heterocycles. The maximum absolute atomic E-state index is 10.1. The molecule has 1 aromatic carbocycles. The van der Waals surface area contributed by atoms with Crippen molar-refractivity contribution in [1.82, 2.24) is 0 Å². The smallest absolute Gasteiger partial charge is 0.120 e. The third-order valence-electron chi connectivity index (χ3n) is 3.53. The van der Waals surface area contributed by atoms with Crippen molar-refractivity contribution in [3.05, 3.63) is 29.3 Å². The molecule has 88 valence electrons. The summed E-state index contributed by atoms with van der Waals surface area (Å²) in [5, 5.41) is 10.1. The lowest BCUT2D eigenvalue weighted by Crippen LogP contribution is -2.06. The zero-order valence-electron chi connectivity index (χ0n) is 10.4. The summed E-state index contributed by atoms with van der Waals surface area (Å²) in [5.74, 6) is 1.58. The SMILES string of the molecule is CC(C)Oc1ccc2c(c1)C(O)C(C)C2C. The highest BCUT2D eigenvalue weighted by atomic mass is 16.5. The van der Waals surface area contributed by atoms with Crippen molar-refractivity contribution in [3.63, 3.8) is 0 Å². The maximum Gasteiger partial charge on any atom is 0.120 e. The van der Waals surface area contributed by atoms with Crippen LogP contribution >= 0.6 is 0 Å². The number of fused-ring (bicyclic) bond motifs is 1. The molecule has 1 aliphatic rings. The highest BCUT2D eigenvalue weighted by Crippen LogP contribution is 2.45. The first-order chi connectivity index (χ1) is 7.50. The Kier molecular flexibility index (Phi) is 2.94. The average Bonchev–Trinajstić information content (AvgIpc) is 2.43. The largest absolute Gasteiger partial charge is 0.491 e. The molecular weight excluding hydrogens is 200 g/mol. The lowest BCUT2D eigenvalue weighted by atomic mass is 9.96. The molecule has 2 rings (SSSR count). The summed E-state index contributed by atoms with van der Waals surface area (Å²) in [6, 6.07) is 6.07. The van der Waals surface area contributed by atoms with Crippen LogP contribution in [0.25, 0.3) is 0 Å². The van der Waals surface area contributed by atoms with Gasteiger partial charge in [-0.2, -0.15) is 0 Å². The molecule has 0 spiro atoms. The normalized spacial score (nSPS) is 28.2. The summed E-state index contributed by atoms with van der Waals surface area (Å²) >= 11 is 0. The van der Waals surface area contributed by atoms with Crippen molar-refractivity contribution in [1.29, 1.82) is 0 Å². The Morgan fingerprint density at radius 1 is 1.19 bits per heavy atom. The van der Waals surface area contributed by atoms with E-state index < -0.39 is 0 Å². The first kappa shape index (κ1) is 11.5. The standard InChI is InChI=1S/C14H20O2/c1-8(2)16-11-5-6-12-9(3)10(4)14(15)13(12)7-11/h5-10,14-15H,1-4H3. The van der Waals surface area contributed by atoms with E-state index in [4.69, 9.17) is 4.74 Å². The lowest BCUT2D eigenvalue weighted by Gasteiger charge is -2.13. The number of hydrogen-bond donors (Lipinski definition) is 1. The molecule has 0 aromatic heterocycles. The van der Waals surface area contributed by atoms with Crippen molar-refractivity contribution >= 4 is 0 Å². The average molecular weight is 220 g/mol. The molecule has 2 heteroatoms. The Labute approximate surface area is 97.3 Å². The van der Waals surface area contributed by atoms with Gasteiger partial charge in [-0.3, -0.25) is 0 Å². The second-order valence-corrected chi connectivity index (χ2v) is 5.05. The summed E-state index contributed by atoms with van der Waals surface area (Å²) in [4.78, 5) is 0. The first-order valence-electron chi connectivity index (χ1n) is 5.99. The van der Waals surface area contributed by atoms with Gasteiger partial charge in [-0.1, -0.05) is 19.9 Å². The lowest BCUT2D eigenvalue weighted by molar-refractivity contribution is 0.123. The van der Waals surface area contributed by atoms with E-state index in [1.807, 2.05) is 26.0 Å². The number of ether oxygens (including phenoxy) is 1. The van der Waals surface area contributed by atoms with Crippen molar-refractivity contribution in [2.45, 2.75) is 45.8 Å². The molecular formula is C14H20O2. The van der Waals surface area contributed by atoms with Crippen molar-refractivity contribution in [2.75, 3.05) is 0 Å². The molecule has 1 aromatic rings. The van der Waals surface area contributed by atoms with Crippen LogP contribution in [0, 0.1) is 5.92 Å². The van der Waals surface area contributed by atoms with E-state index in [-0.39, 0.29) is 12.2 Å². The molecule has 3 atom stereocenters. The van der Waals surface area contributed by atoms with Crippen LogP contribution in [-0.4, -0.2) is 11.2 Å². The summed E-state index contributed by atoms with van der Waals surface area (Å²) < 4.78 is 5.65. The summed E-state index contributed by atoms with van der Waals surface area (Å²) in [7, 11) is 0. The van der Waals surface area contributed by atoms with Gasteiger partial charge in [0.05, 0.1) is 12.2 Å². The molecule has 3 unspecified atom stereocenters. The van der Waals surface area contributed by atoms with Crippen molar-refractivity contribution in [3.8, 4) is 5.75 Å². The number of benzene rings is 1. The van der Waals surface area contributed by atoms with Gasteiger partial charge in [0.15, 0.2) is 0 Å². The molecule has 1 N–H and O–H groups in total. The zero-order chi connectivity index (χ0) is 11.9. The van der Waals surface area contributed by atoms with E-state index >= 15 is 0 Å². The number of hydrogen-bond acceptors (Lipinski definition) is 2. The second kappa shape index (κ2) is 4.10. The quantitative estimate of drug-likeness (QED) is 0.829. The van der Waals surface area contributed by atoms with Gasteiger partial charge in [-0.25, -0.2) is 0 Å². The zero-order valence-corrected chi connectivity index (χ0v) is 10.4. The van der Waals surface area contributed by atoms with E-state index in [9.17, 15) is 5.11 Å². The van der Waals surface area contributed by atoms with Crippen LogP contribution in [0.5, 0.6) is 5.75 Å². The minimum absolute atomic E-state index is 0.173. The number of aliphatic hydroxyl groups excluding tert-OH is 1. The molecule has 0 saturated heterocycles. The fourth-order valence-electron chi connectivity index (χ4n) is 2.41. The fourth-order valence-corrected chi connectivity index (χ4v) is 2.41. The Hall–Kier alpha value is -1.02. The highest BCUT2D eigenvalue weighted by Gasteiger charge is 2.34. The minimum Gasteiger partial charge on any atom is -0.491 e. The molecule has 0 radical (unpaired) electrons. The van der Waals surface area contributed by atoms with Crippen LogP contribution in [0.15, 0.2) is 18.2 Å². The number of aliphatic hydroxyl groups is 1. The van der Waals surface area contributed by atoms with Gasteiger partial charge >= 0.3 is 0 Å². The van der Waals surface area contributed by atoms with Crippen LogP contribution in [0.1, 0.15) is 50.8 Å². The van der Waals surface area contributed by atoms with Crippen LogP contribution in [0.4, 0.5) is 0 Å². The molecule has 1 aliphatic carbocycles. The molecule has 0 amide bonds. The van der Waals surface area contributed by atoms with Gasteiger partial charge in [0.25, 0.3) is 0 Å². The van der Waals surface area contributed by atoms with Gasteiger partial charge in [-0.15, -0.1) is 0 Å². The van der Waals surface area contributed by atoms with E-state index in [0.717, 1.165) is 11.3 Å². The summed E-state index contributed by atoms with van der Waals surface area (Å²) in [6.07, 6.45) is -0.174. The van der Waals surface area contributed by atoms with Crippen molar-refractivity contribution < 1.29 is 9.84 Å². The van der Waals surface area contributed by atoms with Crippen molar-refractivity contribution in [2.24, 2.45) is 5.92 Å². The van der Waals surface area contributed by atoms with Crippen LogP contribution < -0.4 is 4.74 Å². The van der Waals surface area contributed by atoms with Gasteiger partial charge in [0, 0.05) is 0 Å². The Bertz CT molecular complexity index is 384. The third-order valence-corrected chi connectivity index (χ3v) is 3.53. The topological polar surface area (TPSA) is 29.5 Å². The predicted octanol–water partition coefficient (Wildman–Crippen LogP) is 3.26. The minimum atomic E-state index is -0.347. The maximum atomic E-state index is 10.1. The predicted molar refractivity (Wildman–Crippen MR) is 64.7 cm³/mol.